The van der Waals surface area contributed by atoms with Crippen LogP contribution >= 0.6 is 0 Å². The third kappa shape index (κ3) is 2.48. The Bertz CT molecular complexity index is 715. The van der Waals surface area contributed by atoms with Crippen molar-refractivity contribution in [1.82, 2.24) is 4.90 Å². The summed E-state index contributed by atoms with van der Waals surface area (Å²) in [5.41, 5.74) is 2.51. The molecule has 6 rings (SSSR count). The molecule has 10 atom stereocenters. The van der Waals surface area contributed by atoms with E-state index in [0.29, 0.717) is 10.8 Å². The minimum atomic E-state index is 0.363. The van der Waals surface area contributed by atoms with E-state index in [9.17, 15) is 5.11 Å². The van der Waals surface area contributed by atoms with E-state index >= 15 is 0 Å². The summed E-state index contributed by atoms with van der Waals surface area (Å²) < 4.78 is 0. The summed E-state index contributed by atoms with van der Waals surface area (Å²) in [5.74, 6) is 5.40. The van der Waals surface area contributed by atoms with E-state index in [0.717, 1.165) is 66.5 Å². The van der Waals surface area contributed by atoms with Gasteiger partial charge in [-0.25, -0.2) is 0 Å². The molecule has 2 saturated heterocycles. The van der Waals surface area contributed by atoms with Crippen LogP contribution < -0.4 is 0 Å². The molecule has 6 aliphatic rings. The van der Waals surface area contributed by atoms with Gasteiger partial charge in [0.1, 0.15) is 0 Å². The van der Waals surface area contributed by atoms with Gasteiger partial charge in [0.2, 0.25) is 0 Å². The van der Waals surface area contributed by atoms with Gasteiger partial charge in [-0.1, -0.05) is 39.3 Å². The van der Waals surface area contributed by atoms with Crippen molar-refractivity contribution >= 4 is 0 Å². The first-order valence-electron chi connectivity index (χ1n) is 12.8. The lowest BCUT2D eigenvalue weighted by atomic mass is 9.47. The number of piperidine rings is 1. The quantitative estimate of drug-likeness (QED) is 0.493. The van der Waals surface area contributed by atoms with Crippen LogP contribution in [0.25, 0.3) is 0 Å². The molecule has 29 heavy (non-hydrogen) atoms. The highest BCUT2D eigenvalue weighted by Gasteiger charge is 2.66. The highest BCUT2D eigenvalue weighted by molar-refractivity contribution is 5.28. The van der Waals surface area contributed by atoms with Gasteiger partial charge in [-0.15, -0.1) is 0 Å². The summed E-state index contributed by atoms with van der Waals surface area (Å²) in [6, 6.07) is 1.75. The van der Waals surface area contributed by atoms with E-state index in [2.05, 4.69) is 38.7 Å². The number of rotatable bonds is 0. The molecular formula is C27H42NO. The summed E-state index contributed by atoms with van der Waals surface area (Å²) in [4.78, 5) is 3.02. The van der Waals surface area contributed by atoms with Crippen molar-refractivity contribution in [2.75, 3.05) is 6.54 Å². The predicted octanol–water partition coefficient (Wildman–Crippen LogP) is 6.20. The second kappa shape index (κ2) is 6.35. The number of aliphatic hydroxyl groups is 1. The third-order valence-corrected chi connectivity index (χ3v) is 11.6. The van der Waals surface area contributed by atoms with Gasteiger partial charge in [0.25, 0.3) is 0 Å². The van der Waals surface area contributed by atoms with E-state index in [1.165, 1.54) is 51.5 Å². The van der Waals surface area contributed by atoms with E-state index in [1.54, 1.807) is 5.57 Å². The number of nitrogens with zero attached hydrogens (tertiary/aromatic N) is 1. The molecule has 2 heterocycles. The molecule has 0 unspecified atom stereocenters. The summed E-state index contributed by atoms with van der Waals surface area (Å²) in [5, 5.41) is 10.2. The highest BCUT2D eigenvalue weighted by Crippen LogP contribution is 2.70. The lowest BCUT2D eigenvalue weighted by Crippen LogP contribution is -2.51. The molecule has 0 aromatic carbocycles. The Hall–Kier alpha value is -0.340. The van der Waals surface area contributed by atoms with Gasteiger partial charge in [-0.05, 0) is 97.7 Å². The molecule has 0 amide bonds. The first-order chi connectivity index (χ1) is 13.8. The van der Waals surface area contributed by atoms with Crippen molar-refractivity contribution in [3.05, 3.63) is 17.8 Å². The Morgan fingerprint density at radius 1 is 1.03 bits per heavy atom. The highest BCUT2D eigenvalue weighted by atomic mass is 16.3. The van der Waals surface area contributed by atoms with Crippen LogP contribution in [0.5, 0.6) is 0 Å². The van der Waals surface area contributed by atoms with Crippen LogP contribution in [0.15, 0.2) is 11.6 Å². The Balaban J connectivity index is 1.33. The van der Waals surface area contributed by atoms with Crippen LogP contribution in [-0.2, 0) is 0 Å². The summed E-state index contributed by atoms with van der Waals surface area (Å²) in [7, 11) is 0. The molecule has 0 bridgehead atoms. The number of fused-ring (bicyclic) bond motifs is 9. The smallest absolute Gasteiger partial charge is 0.0973 e. The lowest BCUT2D eigenvalue weighted by Gasteiger charge is -2.58. The summed E-state index contributed by atoms with van der Waals surface area (Å²) in [6.45, 7) is 11.8. The minimum absolute atomic E-state index is 0.363. The van der Waals surface area contributed by atoms with E-state index in [4.69, 9.17) is 0 Å². The Morgan fingerprint density at radius 2 is 1.86 bits per heavy atom. The molecule has 5 fully saturated rings. The average Bonchev–Trinajstić information content (AvgIpc) is 3.15. The van der Waals surface area contributed by atoms with Crippen LogP contribution in [-0.4, -0.2) is 28.6 Å². The minimum Gasteiger partial charge on any atom is -0.387 e. The van der Waals surface area contributed by atoms with Crippen LogP contribution in [0.1, 0.15) is 85.5 Å². The normalized spacial score (nSPS) is 57.3. The molecule has 2 nitrogen and oxygen atoms in total. The second-order valence-electron chi connectivity index (χ2n) is 12.7. The van der Waals surface area contributed by atoms with Gasteiger partial charge in [-0.3, -0.25) is 4.90 Å². The molecule has 0 spiro atoms. The zero-order chi connectivity index (χ0) is 20.1. The molecule has 3 saturated carbocycles. The lowest BCUT2D eigenvalue weighted by molar-refractivity contribution is -0.0520. The number of hydrogen-bond donors (Lipinski definition) is 1. The van der Waals surface area contributed by atoms with Crippen LogP contribution in [0.2, 0.25) is 0 Å². The van der Waals surface area contributed by atoms with Crippen molar-refractivity contribution in [2.45, 2.75) is 97.6 Å². The molecule has 0 aromatic rings. The SMILES string of the molecule is C[C@H]1CC[C@@H]2[C@@H](C)[C@H]3[C@H](C[C@H]4[C@@H]5CC=C6C[C](O)CC[C@]6(C)[C@H]5CC[C@]34C)N2C1. The van der Waals surface area contributed by atoms with Gasteiger partial charge in [-0.2, -0.15) is 0 Å². The van der Waals surface area contributed by atoms with E-state index < -0.39 is 0 Å². The molecule has 161 valence electrons. The maximum atomic E-state index is 10.2. The summed E-state index contributed by atoms with van der Waals surface area (Å²) in [6.07, 6.45) is 14.9. The second-order valence-corrected chi connectivity index (χ2v) is 12.7. The first kappa shape index (κ1) is 19.4. The molecule has 4 aliphatic carbocycles. The Kier molecular flexibility index (Phi) is 4.23. The Labute approximate surface area is 178 Å². The van der Waals surface area contributed by atoms with Crippen molar-refractivity contribution in [2.24, 2.45) is 46.3 Å². The fourth-order valence-corrected chi connectivity index (χ4v) is 10.2. The zero-order valence-corrected chi connectivity index (χ0v) is 19.2. The van der Waals surface area contributed by atoms with Crippen molar-refractivity contribution in [3.8, 4) is 0 Å². The van der Waals surface area contributed by atoms with E-state index in [1.807, 2.05) is 0 Å². The number of aliphatic hydroxyl groups excluding tert-OH is 1. The maximum absolute atomic E-state index is 10.2. The molecule has 2 aliphatic heterocycles. The summed E-state index contributed by atoms with van der Waals surface area (Å²) >= 11 is 0. The van der Waals surface area contributed by atoms with Crippen molar-refractivity contribution in [3.63, 3.8) is 0 Å². The van der Waals surface area contributed by atoms with Crippen molar-refractivity contribution < 1.29 is 5.11 Å². The largest absolute Gasteiger partial charge is 0.387 e. The fraction of sp³-hybridized carbons (Fsp3) is 0.889. The predicted molar refractivity (Wildman–Crippen MR) is 118 cm³/mol. The topological polar surface area (TPSA) is 23.5 Å². The monoisotopic (exact) mass is 396 g/mol. The van der Waals surface area contributed by atoms with Gasteiger partial charge in [0, 0.05) is 25.0 Å². The van der Waals surface area contributed by atoms with Gasteiger partial charge >= 0.3 is 0 Å². The molecule has 1 radical (unpaired) electrons. The maximum Gasteiger partial charge on any atom is 0.0973 e. The van der Waals surface area contributed by atoms with Gasteiger partial charge in [0.15, 0.2) is 0 Å². The first-order valence-corrected chi connectivity index (χ1v) is 12.8. The molecule has 1 N–H and O–H groups in total. The molecule has 2 heteroatoms. The third-order valence-electron chi connectivity index (χ3n) is 11.6. The van der Waals surface area contributed by atoms with Gasteiger partial charge < -0.3 is 5.11 Å². The van der Waals surface area contributed by atoms with Crippen LogP contribution in [0, 0.1) is 52.4 Å². The van der Waals surface area contributed by atoms with E-state index in [-0.39, 0.29) is 0 Å². The van der Waals surface area contributed by atoms with Gasteiger partial charge in [0.05, 0.1) is 6.10 Å². The van der Waals surface area contributed by atoms with Crippen LogP contribution in [0.4, 0.5) is 0 Å². The fourth-order valence-electron chi connectivity index (χ4n) is 10.2. The average molecular weight is 397 g/mol. The molecular weight excluding hydrogens is 354 g/mol. The van der Waals surface area contributed by atoms with Crippen molar-refractivity contribution in [1.29, 1.82) is 0 Å². The standard InChI is InChI=1S/C27H42NO/c1-16-5-8-23-17(2)25-24(28(23)15-16)14-22-20-7-6-18-13-19(29)9-11-26(18,3)21(20)10-12-27(22,25)4/h6,16-17,20-25,29H,5,7-15H2,1-4H3/t16-,17+,20+,21-,22-,23+,24-,25-,26-,27-/m0/s1. The number of allylic oxidation sites excluding steroid dienone is 1. The number of hydrogen-bond acceptors (Lipinski definition) is 2. The molecule has 0 aromatic heterocycles. The van der Waals surface area contributed by atoms with Crippen LogP contribution in [0.3, 0.4) is 0 Å². The zero-order valence-electron chi connectivity index (χ0n) is 19.2. The Morgan fingerprint density at radius 3 is 2.69 bits per heavy atom.